The molecule has 1 aliphatic carbocycles. The van der Waals surface area contributed by atoms with Crippen molar-refractivity contribution in [3.63, 3.8) is 0 Å². The quantitative estimate of drug-likeness (QED) is 0.509. The summed E-state index contributed by atoms with van der Waals surface area (Å²) in [6.45, 7) is 1.98. The molecule has 1 amide bonds. The minimum atomic E-state index is -3.48. The molecule has 3 aromatic rings. The number of amides is 1. The number of hydrogen-bond donors (Lipinski definition) is 2. The Bertz CT molecular complexity index is 1160. The van der Waals surface area contributed by atoms with Crippen LogP contribution in [0.15, 0.2) is 95.9 Å². The van der Waals surface area contributed by atoms with Crippen LogP contribution >= 0.6 is 0 Å². The van der Waals surface area contributed by atoms with E-state index < -0.39 is 15.6 Å². The van der Waals surface area contributed by atoms with E-state index in [-0.39, 0.29) is 16.8 Å². The summed E-state index contributed by atoms with van der Waals surface area (Å²) in [5.41, 5.74) is 2.00. The summed E-state index contributed by atoms with van der Waals surface area (Å²) in [6, 6.07) is 26.2. The largest absolute Gasteiger partial charge is 0.339 e. The molecule has 2 N–H and O–H groups in total. The molecular formula is C26H26N2O3S. The van der Waals surface area contributed by atoms with E-state index in [1.54, 1.807) is 30.3 Å². The van der Waals surface area contributed by atoms with Gasteiger partial charge in [-0.3, -0.25) is 4.79 Å². The molecular weight excluding hydrogens is 420 g/mol. The molecule has 1 aliphatic rings. The maximum atomic E-state index is 12.8. The summed E-state index contributed by atoms with van der Waals surface area (Å²) in [7, 11) is -3.48. The number of carbonyl (C=O) groups excluding carboxylic acids is 1. The van der Waals surface area contributed by atoms with Gasteiger partial charge in [-0.1, -0.05) is 72.8 Å². The fourth-order valence-electron chi connectivity index (χ4n) is 3.56. The molecule has 1 saturated carbocycles. The minimum absolute atomic E-state index is 0.0619. The van der Waals surface area contributed by atoms with Crippen molar-refractivity contribution in [2.45, 2.75) is 36.2 Å². The summed E-state index contributed by atoms with van der Waals surface area (Å²) >= 11 is 0. The van der Waals surface area contributed by atoms with Crippen LogP contribution in [0.2, 0.25) is 0 Å². The summed E-state index contributed by atoms with van der Waals surface area (Å²) < 4.78 is 27.2. The van der Waals surface area contributed by atoms with Gasteiger partial charge in [0.1, 0.15) is 0 Å². The molecule has 1 fully saturated rings. The molecule has 3 aromatic carbocycles. The Hall–Kier alpha value is -3.22. The second-order valence-corrected chi connectivity index (χ2v) is 9.86. The number of sulfonamides is 1. The van der Waals surface area contributed by atoms with Gasteiger partial charge in [0, 0.05) is 12.1 Å². The molecule has 32 heavy (non-hydrogen) atoms. The van der Waals surface area contributed by atoms with E-state index in [0.717, 1.165) is 29.5 Å². The molecule has 4 rings (SSSR count). The lowest BCUT2D eigenvalue weighted by Gasteiger charge is -2.31. The Morgan fingerprint density at radius 1 is 0.875 bits per heavy atom. The third kappa shape index (κ3) is 5.15. The van der Waals surface area contributed by atoms with E-state index in [0.29, 0.717) is 0 Å². The minimum Gasteiger partial charge on any atom is -0.339 e. The van der Waals surface area contributed by atoms with Gasteiger partial charge in [0.15, 0.2) is 0 Å². The first-order chi connectivity index (χ1) is 15.4. The van der Waals surface area contributed by atoms with Gasteiger partial charge in [-0.05, 0) is 54.7 Å². The normalized spacial score (nSPS) is 14.4. The van der Waals surface area contributed by atoms with Gasteiger partial charge in [0.05, 0.1) is 10.4 Å². The molecule has 0 radical (unpaired) electrons. The fourth-order valence-corrected chi connectivity index (χ4v) is 4.87. The van der Waals surface area contributed by atoms with Gasteiger partial charge >= 0.3 is 0 Å². The highest BCUT2D eigenvalue weighted by Gasteiger charge is 2.30. The van der Waals surface area contributed by atoms with Gasteiger partial charge in [-0.15, -0.1) is 0 Å². The fraction of sp³-hybridized carbons (Fsp3) is 0.192. The average Bonchev–Trinajstić information content (AvgIpc) is 3.62. The Morgan fingerprint density at radius 3 is 1.91 bits per heavy atom. The molecule has 0 aromatic heterocycles. The second kappa shape index (κ2) is 9.10. The van der Waals surface area contributed by atoms with Gasteiger partial charge in [-0.2, -0.15) is 0 Å². The molecule has 164 valence electrons. The summed E-state index contributed by atoms with van der Waals surface area (Å²) in [6.07, 6.45) is 4.92. The summed E-state index contributed by atoms with van der Waals surface area (Å²) in [4.78, 5) is 13.1. The van der Waals surface area contributed by atoms with Crippen molar-refractivity contribution >= 4 is 22.0 Å². The van der Waals surface area contributed by atoms with Crippen LogP contribution in [0.25, 0.3) is 6.08 Å². The number of nitrogens with one attached hydrogen (secondary N) is 2. The Labute approximate surface area is 189 Å². The van der Waals surface area contributed by atoms with Crippen LogP contribution in [0.3, 0.4) is 0 Å². The van der Waals surface area contributed by atoms with Crippen LogP contribution in [0.1, 0.15) is 36.5 Å². The first-order valence-electron chi connectivity index (χ1n) is 10.6. The van der Waals surface area contributed by atoms with E-state index in [1.165, 1.54) is 6.08 Å². The summed E-state index contributed by atoms with van der Waals surface area (Å²) in [5.74, 6) is -0.243. The average molecular weight is 447 g/mol. The van der Waals surface area contributed by atoms with Crippen molar-refractivity contribution < 1.29 is 13.2 Å². The zero-order valence-electron chi connectivity index (χ0n) is 17.9. The predicted octanol–water partition coefficient (Wildman–Crippen LogP) is 4.22. The zero-order valence-corrected chi connectivity index (χ0v) is 18.7. The van der Waals surface area contributed by atoms with Crippen molar-refractivity contribution in [1.29, 1.82) is 0 Å². The van der Waals surface area contributed by atoms with E-state index in [1.807, 2.05) is 67.6 Å². The van der Waals surface area contributed by atoms with Crippen molar-refractivity contribution in [2.75, 3.05) is 0 Å². The third-order valence-corrected chi connectivity index (χ3v) is 7.13. The second-order valence-electron chi connectivity index (χ2n) is 8.14. The van der Waals surface area contributed by atoms with Crippen LogP contribution in [0.4, 0.5) is 0 Å². The summed E-state index contributed by atoms with van der Waals surface area (Å²) in [5, 5.41) is 3.13. The monoisotopic (exact) mass is 446 g/mol. The molecule has 0 aliphatic heterocycles. The zero-order chi connectivity index (χ0) is 22.6. The van der Waals surface area contributed by atoms with Gasteiger partial charge in [0.25, 0.3) is 0 Å². The molecule has 0 heterocycles. The van der Waals surface area contributed by atoms with Crippen molar-refractivity contribution in [3.05, 3.63) is 108 Å². The van der Waals surface area contributed by atoms with Gasteiger partial charge < -0.3 is 5.32 Å². The van der Waals surface area contributed by atoms with Crippen LogP contribution in [0.5, 0.6) is 0 Å². The standard InChI is InChI=1S/C26H26N2O3S/c1-26(21-8-4-2-5-9-21,22-10-6-3-7-11-22)27-25(29)19-14-20-12-17-24(18-13-20)32(30,31)28-23-15-16-23/h2-14,17-19,23,28H,15-16H2,1H3,(H,27,29). The lowest BCUT2D eigenvalue weighted by molar-refractivity contribution is -0.117. The van der Waals surface area contributed by atoms with Crippen LogP contribution < -0.4 is 10.0 Å². The van der Waals surface area contributed by atoms with E-state index in [2.05, 4.69) is 10.0 Å². The Balaban J connectivity index is 1.50. The number of benzene rings is 3. The van der Waals surface area contributed by atoms with Crippen molar-refractivity contribution in [3.8, 4) is 0 Å². The SMILES string of the molecule is CC(NC(=O)C=Cc1ccc(S(=O)(=O)NC2CC2)cc1)(c1ccccc1)c1ccccc1. The molecule has 0 unspecified atom stereocenters. The highest BCUT2D eigenvalue weighted by Crippen LogP contribution is 2.29. The van der Waals surface area contributed by atoms with Crippen LogP contribution in [0, 0.1) is 0 Å². The molecule has 6 heteroatoms. The number of carbonyl (C=O) groups is 1. The maximum absolute atomic E-state index is 12.8. The first-order valence-corrected chi connectivity index (χ1v) is 12.1. The first kappa shape index (κ1) is 22.0. The van der Waals surface area contributed by atoms with E-state index in [4.69, 9.17) is 0 Å². The molecule has 5 nitrogen and oxygen atoms in total. The topological polar surface area (TPSA) is 75.3 Å². The third-order valence-electron chi connectivity index (χ3n) is 5.59. The van der Waals surface area contributed by atoms with Gasteiger partial charge in [-0.25, -0.2) is 13.1 Å². The van der Waals surface area contributed by atoms with Crippen molar-refractivity contribution in [2.24, 2.45) is 0 Å². The Kier molecular flexibility index (Phi) is 6.26. The van der Waals surface area contributed by atoms with Crippen LogP contribution in [-0.4, -0.2) is 20.4 Å². The lowest BCUT2D eigenvalue weighted by atomic mass is 9.84. The van der Waals surface area contributed by atoms with Crippen LogP contribution in [-0.2, 0) is 20.4 Å². The Morgan fingerprint density at radius 2 is 1.41 bits per heavy atom. The van der Waals surface area contributed by atoms with Gasteiger partial charge in [0.2, 0.25) is 15.9 Å². The molecule has 0 bridgehead atoms. The number of hydrogen-bond acceptors (Lipinski definition) is 3. The highest BCUT2D eigenvalue weighted by atomic mass is 32.2. The molecule has 0 saturated heterocycles. The van der Waals surface area contributed by atoms with E-state index in [9.17, 15) is 13.2 Å². The van der Waals surface area contributed by atoms with Crippen molar-refractivity contribution in [1.82, 2.24) is 10.0 Å². The molecule has 0 atom stereocenters. The maximum Gasteiger partial charge on any atom is 0.244 e. The van der Waals surface area contributed by atoms with E-state index >= 15 is 0 Å². The number of rotatable bonds is 8. The highest BCUT2D eigenvalue weighted by molar-refractivity contribution is 7.89. The molecule has 0 spiro atoms. The lowest BCUT2D eigenvalue weighted by Crippen LogP contribution is -2.43. The smallest absolute Gasteiger partial charge is 0.244 e. The predicted molar refractivity (Wildman–Crippen MR) is 126 cm³/mol.